The zero-order valence-electron chi connectivity index (χ0n) is 11.7. The van der Waals surface area contributed by atoms with Crippen molar-refractivity contribution in [3.05, 3.63) is 65.2 Å². The van der Waals surface area contributed by atoms with Crippen molar-refractivity contribution in [1.82, 2.24) is 0 Å². The molecule has 0 aromatic heterocycles. The topological polar surface area (TPSA) is 9.23 Å². The first-order valence-corrected chi connectivity index (χ1v) is 6.49. The summed E-state index contributed by atoms with van der Waals surface area (Å²) in [6, 6.07) is 16.5. The Bertz CT molecular complexity index is 395. The summed E-state index contributed by atoms with van der Waals surface area (Å²) in [5, 5.41) is 0. The Labute approximate surface area is 110 Å². The fourth-order valence-electron chi connectivity index (χ4n) is 1.49. The Morgan fingerprint density at radius 3 is 1.67 bits per heavy atom. The normalized spacial score (nSPS) is 9.33. The van der Waals surface area contributed by atoms with Crippen LogP contribution in [-0.4, -0.2) is 0 Å². The van der Waals surface area contributed by atoms with Crippen molar-refractivity contribution in [3.63, 3.8) is 0 Å². The summed E-state index contributed by atoms with van der Waals surface area (Å²) in [7, 11) is 0. The second-order valence-corrected chi connectivity index (χ2v) is 4.09. The Morgan fingerprint density at radius 2 is 1.17 bits per heavy atom. The highest BCUT2D eigenvalue weighted by Gasteiger charge is 1.95. The summed E-state index contributed by atoms with van der Waals surface area (Å²) in [6.45, 7) is 8.79. The van der Waals surface area contributed by atoms with Gasteiger partial charge in [-0.15, -0.1) is 0 Å². The number of hydrogen-bond acceptors (Lipinski definition) is 1. The van der Waals surface area contributed by atoms with Crippen LogP contribution in [0.5, 0.6) is 5.75 Å². The number of aryl methyl sites for hydroxylation is 2. The number of hydrogen-bond donors (Lipinski definition) is 0. The van der Waals surface area contributed by atoms with Crippen LogP contribution in [0.4, 0.5) is 0 Å². The molecule has 0 heterocycles. The van der Waals surface area contributed by atoms with Gasteiger partial charge in [0.25, 0.3) is 0 Å². The molecule has 1 heteroatoms. The predicted molar refractivity (Wildman–Crippen MR) is 78.0 cm³/mol. The molecule has 0 aliphatic rings. The Morgan fingerprint density at radius 1 is 0.722 bits per heavy atom. The molecule has 0 saturated heterocycles. The van der Waals surface area contributed by atoms with Gasteiger partial charge in [0, 0.05) is 0 Å². The van der Waals surface area contributed by atoms with Crippen LogP contribution >= 0.6 is 0 Å². The summed E-state index contributed by atoms with van der Waals surface area (Å²) < 4.78 is 5.69. The van der Waals surface area contributed by atoms with Gasteiger partial charge < -0.3 is 4.74 Å². The van der Waals surface area contributed by atoms with E-state index in [0.29, 0.717) is 6.61 Å². The first kappa shape index (κ1) is 14.3. The molecule has 2 aromatic rings. The summed E-state index contributed by atoms with van der Waals surface area (Å²) in [5.41, 5.74) is 3.73. The summed E-state index contributed by atoms with van der Waals surface area (Å²) in [6.07, 6.45) is 0. The van der Waals surface area contributed by atoms with E-state index in [-0.39, 0.29) is 0 Å². The van der Waals surface area contributed by atoms with Crippen LogP contribution in [0.25, 0.3) is 0 Å². The lowest BCUT2D eigenvalue weighted by atomic mass is 10.2. The van der Waals surface area contributed by atoms with Gasteiger partial charge in [0.2, 0.25) is 0 Å². The highest BCUT2D eigenvalue weighted by Crippen LogP contribution is 2.13. The largest absolute Gasteiger partial charge is 0.489 e. The van der Waals surface area contributed by atoms with Crippen LogP contribution in [0.1, 0.15) is 30.5 Å². The van der Waals surface area contributed by atoms with E-state index in [1.165, 1.54) is 16.7 Å². The van der Waals surface area contributed by atoms with Crippen molar-refractivity contribution < 1.29 is 4.74 Å². The van der Waals surface area contributed by atoms with Gasteiger partial charge in [0.15, 0.2) is 0 Å². The molecule has 0 saturated carbocycles. The third-order valence-corrected chi connectivity index (χ3v) is 2.55. The van der Waals surface area contributed by atoms with E-state index in [1.54, 1.807) is 0 Å². The maximum atomic E-state index is 5.69. The van der Waals surface area contributed by atoms with Crippen molar-refractivity contribution >= 4 is 0 Å². The molecule has 0 amide bonds. The minimum atomic E-state index is 0.628. The van der Waals surface area contributed by atoms with Crippen LogP contribution in [0.3, 0.4) is 0 Å². The highest BCUT2D eigenvalue weighted by molar-refractivity contribution is 5.27. The number of rotatable bonds is 3. The van der Waals surface area contributed by atoms with E-state index in [2.05, 4.69) is 50.2 Å². The van der Waals surface area contributed by atoms with E-state index < -0.39 is 0 Å². The lowest BCUT2D eigenvalue weighted by Crippen LogP contribution is -1.95. The van der Waals surface area contributed by atoms with E-state index in [1.807, 2.05) is 26.0 Å². The van der Waals surface area contributed by atoms with Crippen molar-refractivity contribution in [2.45, 2.75) is 34.3 Å². The fraction of sp³-hybridized carbons (Fsp3) is 0.294. The Hall–Kier alpha value is -1.76. The summed E-state index contributed by atoms with van der Waals surface area (Å²) >= 11 is 0. The summed E-state index contributed by atoms with van der Waals surface area (Å²) in [5.74, 6) is 0.922. The SMILES string of the molecule is CC.Cc1ccc(COc2ccc(C)cc2)cc1. The van der Waals surface area contributed by atoms with Crippen molar-refractivity contribution in [2.24, 2.45) is 0 Å². The molecule has 0 spiro atoms. The smallest absolute Gasteiger partial charge is 0.119 e. The van der Waals surface area contributed by atoms with E-state index in [9.17, 15) is 0 Å². The maximum absolute atomic E-state index is 5.69. The van der Waals surface area contributed by atoms with Crippen LogP contribution in [-0.2, 0) is 6.61 Å². The van der Waals surface area contributed by atoms with Gasteiger partial charge in [-0.3, -0.25) is 0 Å². The van der Waals surface area contributed by atoms with Crippen LogP contribution < -0.4 is 4.74 Å². The average molecular weight is 242 g/mol. The van der Waals surface area contributed by atoms with E-state index in [0.717, 1.165) is 5.75 Å². The van der Waals surface area contributed by atoms with Gasteiger partial charge in [0.1, 0.15) is 12.4 Å². The van der Waals surface area contributed by atoms with Gasteiger partial charge >= 0.3 is 0 Å². The van der Waals surface area contributed by atoms with Crippen molar-refractivity contribution in [2.75, 3.05) is 0 Å². The van der Waals surface area contributed by atoms with Gasteiger partial charge in [-0.05, 0) is 31.5 Å². The Kier molecular flexibility index (Phi) is 5.99. The molecule has 0 atom stereocenters. The Balaban J connectivity index is 0.000000771. The average Bonchev–Trinajstić information content (AvgIpc) is 2.42. The van der Waals surface area contributed by atoms with Crippen LogP contribution in [0.2, 0.25) is 0 Å². The first-order valence-electron chi connectivity index (χ1n) is 6.49. The first-order chi connectivity index (χ1) is 8.74. The molecule has 2 rings (SSSR count). The standard InChI is InChI=1S/C15H16O.C2H6/c1-12-3-7-14(8-4-12)11-16-15-9-5-13(2)6-10-15;1-2/h3-10H,11H2,1-2H3;1-2H3. The zero-order chi connectivity index (χ0) is 13.4. The van der Waals surface area contributed by atoms with Crippen molar-refractivity contribution in [1.29, 1.82) is 0 Å². The maximum Gasteiger partial charge on any atom is 0.119 e. The van der Waals surface area contributed by atoms with Gasteiger partial charge in [-0.25, -0.2) is 0 Å². The molecule has 2 aromatic carbocycles. The van der Waals surface area contributed by atoms with Gasteiger partial charge in [-0.2, -0.15) is 0 Å². The zero-order valence-corrected chi connectivity index (χ0v) is 11.7. The third-order valence-electron chi connectivity index (χ3n) is 2.55. The third kappa shape index (κ3) is 4.62. The number of benzene rings is 2. The molecular formula is C17H22O. The van der Waals surface area contributed by atoms with Gasteiger partial charge in [-0.1, -0.05) is 61.4 Å². The summed E-state index contributed by atoms with van der Waals surface area (Å²) in [4.78, 5) is 0. The lowest BCUT2D eigenvalue weighted by Gasteiger charge is -2.06. The molecule has 0 fully saturated rings. The minimum Gasteiger partial charge on any atom is -0.489 e. The van der Waals surface area contributed by atoms with E-state index >= 15 is 0 Å². The fourth-order valence-corrected chi connectivity index (χ4v) is 1.49. The minimum absolute atomic E-state index is 0.628. The van der Waals surface area contributed by atoms with E-state index in [4.69, 9.17) is 4.74 Å². The van der Waals surface area contributed by atoms with Crippen molar-refractivity contribution in [3.8, 4) is 5.75 Å². The predicted octanol–water partition coefficient (Wildman–Crippen LogP) is 4.91. The molecule has 96 valence electrons. The monoisotopic (exact) mass is 242 g/mol. The quantitative estimate of drug-likeness (QED) is 0.743. The molecular weight excluding hydrogens is 220 g/mol. The van der Waals surface area contributed by atoms with Crippen LogP contribution in [0.15, 0.2) is 48.5 Å². The molecule has 0 unspecified atom stereocenters. The lowest BCUT2D eigenvalue weighted by molar-refractivity contribution is 0.306. The van der Waals surface area contributed by atoms with Crippen LogP contribution in [0, 0.1) is 13.8 Å². The highest BCUT2D eigenvalue weighted by atomic mass is 16.5. The number of ether oxygens (including phenoxy) is 1. The molecule has 0 N–H and O–H groups in total. The molecule has 18 heavy (non-hydrogen) atoms. The molecule has 0 radical (unpaired) electrons. The second kappa shape index (κ2) is 7.54. The molecule has 0 aliphatic heterocycles. The molecule has 0 bridgehead atoms. The van der Waals surface area contributed by atoms with Gasteiger partial charge in [0.05, 0.1) is 0 Å². The molecule has 0 aliphatic carbocycles. The second-order valence-electron chi connectivity index (χ2n) is 4.09. The molecule has 1 nitrogen and oxygen atoms in total.